The van der Waals surface area contributed by atoms with Crippen molar-refractivity contribution in [2.45, 2.75) is 17.5 Å². The fourth-order valence-electron chi connectivity index (χ4n) is 3.91. The summed E-state index contributed by atoms with van der Waals surface area (Å²) in [5.74, 6) is 3.18. The van der Waals surface area contributed by atoms with Gasteiger partial charge in [0, 0.05) is 11.8 Å². The first kappa shape index (κ1) is 25.2. The van der Waals surface area contributed by atoms with Gasteiger partial charge in [0.15, 0.2) is 28.2 Å². The Bertz CT molecular complexity index is 1400. The molecule has 0 unspecified atom stereocenters. The van der Waals surface area contributed by atoms with Crippen LogP contribution in [0.3, 0.4) is 0 Å². The van der Waals surface area contributed by atoms with Gasteiger partial charge in [0.2, 0.25) is 5.75 Å². The van der Waals surface area contributed by atoms with Crippen LogP contribution in [0, 0.1) is 0 Å². The van der Waals surface area contributed by atoms with Crippen LogP contribution in [0.25, 0.3) is 10.9 Å². The van der Waals surface area contributed by atoms with Gasteiger partial charge in [-0.15, -0.1) is 0 Å². The topological polar surface area (TPSA) is 81.0 Å². The average Bonchev–Trinajstić information content (AvgIpc) is 2.92. The van der Waals surface area contributed by atoms with Crippen molar-refractivity contribution in [1.29, 1.82) is 0 Å². The maximum Gasteiger partial charge on any atom is 0.262 e. The molecule has 0 N–H and O–H groups in total. The van der Waals surface area contributed by atoms with E-state index in [4.69, 9.17) is 28.7 Å². The van der Waals surface area contributed by atoms with Gasteiger partial charge in [-0.25, -0.2) is 4.98 Å². The number of ether oxygens (including phenoxy) is 5. The molecule has 0 aliphatic heterocycles. The Morgan fingerprint density at radius 3 is 1.94 bits per heavy atom. The average molecular weight is 509 g/mol. The summed E-state index contributed by atoms with van der Waals surface area (Å²) in [6.45, 7) is 0.383. The lowest BCUT2D eigenvalue weighted by molar-refractivity contribution is 0.324. The normalized spacial score (nSPS) is 10.8. The smallest absolute Gasteiger partial charge is 0.262 e. The summed E-state index contributed by atoms with van der Waals surface area (Å²) in [6.07, 6.45) is 0. The van der Waals surface area contributed by atoms with E-state index in [-0.39, 0.29) is 5.56 Å². The second-order valence-electron chi connectivity index (χ2n) is 7.82. The number of aromatic nitrogens is 2. The number of fused-ring (bicyclic) bond motifs is 1. The minimum atomic E-state index is -0.155. The van der Waals surface area contributed by atoms with Gasteiger partial charge in [-0.2, -0.15) is 0 Å². The molecule has 0 saturated heterocycles. The third-order valence-electron chi connectivity index (χ3n) is 5.70. The Kier molecular flexibility index (Phi) is 7.90. The number of rotatable bonds is 10. The van der Waals surface area contributed by atoms with E-state index in [0.717, 1.165) is 11.1 Å². The number of thioether (sulfide) groups is 1. The number of hydrogen-bond acceptors (Lipinski definition) is 8. The van der Waals surface area contributed by atoms with Gasteiger partial charge >= 0.3 is 0 Å². The number of nitrogens with zero attached hydrogens (tertiary/aromatic N) is 2. The SMILES string of the molecule is COc1cc2nc(SCc3cc(OC)c(OC)c(OC)c3)n(Cc3ccccc3)c(=O)c2cc1OC. The van der Waals surface area contributed by atoms with Crippen molar-refractivity contribution >= 4 is 22.7 Å². The van der Waals surface area contributed by atoms with Gasteiger partial charge in [-0.3, -0.25) is 9.36 Å². The van der Waals surface area contributed by atoms with Crippen LogP contribution in [-0.2, 0) is 12.3 Å². The summed E-state index contributed by atoms with van der Waals surface area (Å²) in [6, 6.07) is 17.0. The van der Waals surface area contributed by atoms with E-state index in [2.05, 4.69) is 0 Å². The second-order valence-corrected chi connectivity index (χ2v) is 8.76. The van der Waals surface area contributed by atoms with E-state index in [1.54, 1.807) is 52.2 Å². The summed E-state index contributed by atoms with van der Waals surface area (Å²) in [7, 11) is 7.83. The summed E-state index contributed by atoms with van der Waals surface area (Å²) in [4.78, 5) is 18.5. The van der Waals surface area contributed by atoms with Gasteiger partial charge in [0.05, 0.1) is 53.0 Å². The highest BCUT2D eigenvalue weighted by Gasteiger charge is 2.18. The number of benzene rings is 3. The summed E-state index contributed by atoms with van der Waals surface area (Å²) in [5.41, 5.74) is 2.31. The van der Waals surface area contributed by atoms with Gasteiger partial charge < -0.3 is 23.7 Å². The highest BCUT2D eigenvalue weighted by molar-refractivity contribution is 7.98. The molecule has 0 amide bonds. The van der Waals surface area contributed by atoms with Crippen molar-refractivity contribution in [2.24, 2.45) is 0 Å². The van der Waals surface area contributed by atoms with E-state index >= 15 is 0 Å². The molecule has 0 atom stereocenters. The predicted octanol–water partition coefficient (Wildman–Crippen LogP) is 4.78. The summed E-state index contributed by atoms with van der Waals surface area (Å²) in [5, 5.41) is 1.04. The second kappa shape index (κ2) is 11.3. The summed E-state index contributed by atoms with van der Waals surface area (Å²) >= 11 is 1.45. The molecule has 1 heterocycles. The van der Waals surface area contributed by atoms with Crippen LogP contribution in [0.15, 0.2) is 64.5 Å². The number of methoxy groups -OCH3 is 5. The summed E-state index contributed by atoms with van der Waals surface area (Å²) < 4.78 is 28.9. The van der Waals surface area contributed by atoms with E-state index in [1.807, 2.05) is 42.5 Å². The van der Waals surface area contributed by atoms with E-state index < -0.39 is 0 Å². The van der Waals surface area contributed by atoms with Crippen molar-refractivity contribution in [2.75, 3.05) is 35.5 Å². The molecular weight excluding hydrogens is 480 g/mol. The number of hydrogen-bond donors (Lipinski definition) is 0. The zero-order chi connectivity index (χ0) is 25.7. The minimum absolute atomic E-state index is 0.155. The van der Waals surface area contributed by atoms with E-state index in [9.17, 15) is 4.79 Å². The molecule has 4 aromatic rings. The van der Waals surface area contributed by atoms with Crippen LogP contribution in [-0.4, -0.2) is 45.1 Å². The Hall–Kier alpha value is -3.85. The van der Waals surface area contributed by atoms with Gasteiger partial charge in [-0.1, -0.05) is 42.1 Å². The fraction of sp³-hybridized carbons (Fsp3) is 0.259. The standard InChI is InChI=1S/C27H28N2O6S/c1-31-21-13-19-20(14-22(21)32-2)28-27(29(26(19)30)15-17-9-7-6-8-10-17)36-16-18-11-23(33-3)25(35-5)24(12-18)34-4/h6-14H,15-16H2,1-5H3. The molecule has 0 fully saturated rings. The van der Waals surface area contributed by atoms with Crippen molar-refractivity contribution in [1.82, 2.24) is 9.55 Å². The first-order chi connectivity index (χ1) is 17.5. The molecule has 8 nitrogen and oxygen atoms in total. The fourth-order valence-corrected chi connectivity index (χ4v) is 4.84. The lowest BCUT2D eigenvalue weighted by Crippen LogP contribution is -2.24. The molecule has 0 radical (unpaired) electrons. The lowest BCUT2D eigenvalue weighted by Gasteiger charge is -2.16. The van der Waals surface area contributed by atoms with Gasteiger partial charge in [-0.05, 0) is 29.3 Å². The molecule has 9 heteroatoms. The van der Waals surface area contributed by atoms with Crippen LogP contribution < -0.4 is 29.2 Å². The monoisotopic (exact) mass is 508 g/mol. The maximum atomic E-state index is 13.7. The Labute approximate surface area is 213 Å². The third-order valence-corrected chi connectivity index (χ3v) is 6.75. The molecule has 0 spiro atoms. The van der Waals surface area contributed by atoms with Crippen LogP contribution in [0.1, 0.15) is 11.1 Å². The first-order valence-corrected chi connectivity index (χ1v) is 12.1. The van der Waals surface area contributed by atoms with Crippen molar-refractivity contribution < 1.29 is 23.7 Å². The van der Waals surface area contributed by atoms with Crippen molar-refractivity contribution in [3.05, 3.63) is 76.1 Å². The molecule has 0 bridgehead atoms. The lowest BCUT2D eigenvalue weighted by atomic mass is 10.2. The van der Waals surface area contributed by atoms with Crippen LogP contribution >= 0.6 is 11.8 Å². The zero-order valence-corrected chi connectivity index (χ0v) is 21.7. The van der Waals surface area contributed by atoms with Crippen LogP contribution in [0.2, 0.25) is 0 Å². The van der Waals surface area contributed by atoms with Crippen molar-refractivity contribution in [3.63, 3.8) is 0 Å². The molecule has 36 heavy (non-hydrogen) atoms. The van der Waals surface area contributed by atoms with Crippen LogP contribution in [0.5, 0.6) is 28.7 Å². The minimum Gasteiger partial charge on any atom is -0.493 e. The zero-order valence-electron chi connectivity index (χ0n) is 20.9. The maximum absolute atomic E-state index is 13.7. The van der Waals surface area contributed by atoms with E-state index in [0.29, 0.717) is 57.1 Å². The largest absolute Gasteiger partial charge is 0.493 e. The third kappa shape index (κ3) is 5.06. The molecule has 188 valence electrons. The molecule has 0 saturated carbocycles. The highest BCUT2D eigenvalue weighted by atomic mass is 32.2. The highest BCUT2D eigenvalue weighted by Crippen LogP contribution is 2.39. The Morgan fingerprint density at radius 2 is 1.36 bits per heavy atom. The van der Waals surface area contributed by atoms with Crippen LogP contribution in [0.4, 0.5) is 0 Å². The van der Waals surface area contributed by atoms with Gasteiger partial charge in [0.25, 0.3) is 5.56 Å². The predicted molar refractivity (Wildman–Crippen MR) is 140 cm³/mol. The Morgan fingerprint density at radius 1 is 0.750 bits per heavy atom. The molecule has 4 rings (SSSR count). The first-order valence-electron chi connectivity index (χ1n) is 11.1. The molecule has 3 aromatic carbocycles. The molecule has 1 aromatic heterocycles. The molecule has 0 aliphatic rings. The molecule has 0 aliphatic carbocycles. The molecular formula is C27H28N2O6S. The quantitative estimate of drug-likeness (QED) is 0.224. The van der Waals surface area contributed by atoms with E-state index in [1.165, 1.54) is 11.8 Å². The van der Waals surface area contributed by atoms with Gasteiger partial charge in [0.1, 0.15) is 0 Å². The van der Waals surface area contributed by atoms with Crippen molar-refractivity contribution in [3.8, 4) is 28.7 Å². The Balaban J connectivity index is 1.80.